The Hall–Kier alpha value is -1.92. The Morgan fingerprint density at radius 3 is 2.60 bits per heavy atom. The largest absolute Gasteiger partial charge is 0.481 e. The van der Waals surface area contributed by atoms with Gasteiger partial charge in [-0.1, -0.05) is 6.07 Å². The van der Waals surface area contributed by atoms with Crippen LogP contribution in [0.3, 0.4) is 0 Å². The maximum atomic E-state index is 14.0. The van der Waals surface area contributed by atoms with Crippen LogP contribution in [-0.2, 0) is 5.92 Å². The molecule has 0 bridgehead atoms. The average molecular weight is 286 g/mol. The van der Waals surface area contributed by atoms with E-state index in [9.17, 15) is 8.78 Å². The molecule has 3 N–H and O–H groups in total. The molecule has 1 aromatic heterocycles. The lowest BCUT2D eigenvalue weighted by atomic mass is 10.1. The topological polar surface area (TPSA) is 72.5 Å². The molecule has 112 valence electrons. The Morgan fingerprint density at radius 1 is 1.40 bits per heavy atom. The van der Waals surface area contributed by atoms with Crippen molar-refractivity contribution in [3.05, 3.63) is 23.9 Å². The molecule has 1 aromatic rings. The van der Waals surface area contributed by atoms with E-state index < -0.39 is 18.2 Å². The summed E-state index contributed by atoms with van der Waals surface area (Å²) in [4.78, 5) is 7.38. The first-order chi connectivity index (χ1) is 9.14. The molecule has 0 aliphatic heterocycles. The maximum Gasteiger partial charge on any atom is 0.309 e. The van der Waals surface area contributed by atoms with Crippen molar-refractivity contribution in [1.82, 2.24) is 10.3 Å². The Morgan fingerprint density at radius 2 is 2.05 bits per heavy atom. The van der Waals surface area contributed by atoms with Gasteiger partial charge in [0.15, 0.2) is 5.96 Å². The molecule has 0 aliphatic rings. The van der Waals surface area contributed by atoms with E-state index >= 15 is 0 Å². The van der Waals surface area contributed by atoms with Crippen molar-refractivity contribution in [2.24, 2.45) is 10.7 Å². The highest BCUT2D eigenvalue weighted by Crippen LogP contribution is 2.27. The minimum Gasteiger partial charge on any atom is -0.481 e. The molecule has 0 fully saturated rings. The van der Waals surface area contributed by atoms with Crippen molar-refractivity contribution < 1.29 is 13.5 Å². The molecule has 7 heteroatoms. The number of rotatable bonds is 4. The second-order valence-corrected chi connectivity index (χ2v) is 5.35. The van der Waals surface area contributed by atoms with Gasteiger partial charge in [0.25, 0.3) is 0 Å². The highest BCUT2D eigenvalue weighted by molar-refractivity contribution is 5.78. The number of guanidine groups is 1. The first kappa shape index (κ1) is 16.1. The second kappa shape index (κ2) is 6.02. The molecule has 0 aliphatic carbocycles. The number of nitrogens with one attached hydrogen (secondary N) is 1. The van der Waals surface area contributed by atoms with Crippen LogP contribution in [0.5, 0.6) is 5.88 Å². The van der Waals surface area contributed by atoms with Crippen LogP contribution in [0.25, 0.3) is 0 Å². The third kappa shape index (κ3) is 4.99. The summed E-state index contributed by atoms with van der Waals surface area (Å²) in [5.74, 6) is -3.11. The fourth-order valence-electron chi connectivity index (χ4n) is 1.42. The minimum absolute atomic E-state index is 0.0277. The van der Waals surface area contributed by atoms with Gasteiger partial charge < -0.3 is 15.8 Å². The van der Waals surface area contributed by atoms with Crippen LogP contribution >= 0.6 is 0 Å². The normalized spacial score (nSPS) is 13.2. The molecule has 0 unspecified atom stereocenters. The number of alkyl halides is 2. The number of hydrogen-bond acceptors (Lipinski definition) is 3. The van der Waals surface area contributed by atoms with Gasteiger partial charge in [-0.15, -0.1) is 0 Å². The van der Waals surface area contributed by atoms with E-state index in [1.807, 2.05) is 20.8 Å². The third-order valence-corrected chi connectivity index (χ3v) is 2.26. The van der Waals surface area contributed by atoms with Gasteiger partial charge in [0.1, 0.15) is 12.2 Å². The lowest BCUT2D eigenvalue weighted by Crippen LogP contribution is -2.45. The Kier molecular flexibility index (Phi) is 4.86. The van der Waals surface area contributed by atoms with Crippen LogP contribution in [-0.4, -0.2) is 30.1 Å². The van der Waals surface area contributed by atoms with Gasteiger partial charge in [-0.05, 0) is 26.8 Å². The molecule has 0 aromatic carbocycles. The van der Waals surface area contributed by atoms with E-state index in [1.165, 1.54) is 25.3 Å². The monoisotopic (exact) mass is 286 g/mol. The highest BCUT2D eigenvalue weighted by Gasteiger charge is 2.33. The third-order valence-electron chi connectivity index (χ3n) is 2.26. The molecular weight excluding hydrogens is 266 g/mol. The van der Waals surface area contributed by atoms with Crippen molar-refractivity contribution in [2.45, 2.75) is 32.2 Å². The zero-order valence-electron chi connectivity index (χ0n) is 12.1. The fourth-order valence-corrected chi connectivity index (χ4v) is 1.42. The lowest BCUT2D eigenvalue weighted by molar-refractivity contribution is 0.00136. The van der Waals surface area contributed by atoms with E-state index in [0.717, 1.165) is 0 Å². The van der Waals surface area contributed by atoms with Gasteiger partial charge in [-0.3, -0.25) is 0 Å². The fraction of sp³-hybridized carbons (Fsp3) is 0.538. The van der Waals surface area contributed by atoms with Gasteiger partial charge >= 0.3 is 5.92 Å². The van der Waals surface area contributed by atoms with Crippen molar-refractivity contribution in [3.8, 4) is 5.88 Å². The quantitative estimate of drug-likeness (QED) is 0.655. The van der Waals surface area contributed by atoms with Crippen molar-refractivity contribution in [1.29, 1.82) is 0 Å². The molecule has 0 amide bonds. The van der Waals surface area contributed by atoms with Gasteiger partial charge in [-0.2, -0.15) is 8.78 Å². The summed E-state index contributed by atoms with van der Waals surface area (Å²) < 4.78 is 32.7. The molecule has 0 spiro atoms. The molecule has 0 saturated heterocycles. The van der Waals surface area contributed by atoms with Gasteiger partial charge in [0.2, 0.25) is 5.88 Å². The van der Waals surface area contributed by atoms with Gasteiger partial charge in [0, 0.05) is 11.6 Å². The van der Waals surface area contributed by atoms with Crippen LogP contribution in [0.2, 0.25) is 0 Å². The van der Waals surface area contributed by atoms with Gasteiger partial charge in [-0.25, -0.2) is 9.98 Å². The van der Waals surface area contributed by atoms with Crippen LogP contribution in [0.4, 0.5) is 8.78 Å². The number of hydrogen-bond donors (Lipinski definition) is 2. The summed E-state index contributed by atoms with van der Waals surface area (Å²) in [5.41, 5.74) is 4.83. The van der Waals surface area contributed by atoms with Crippen LogP contribution in [0.15, 0.2) is 23.2 Å². The molecule has 0 atom stereocenters. The molecule has 1 rings (SSSR count). The molecular formula is C13H20F2N4O. The first-order valence-electron chi connectivity index (χ1n) is 6.11. The number of halogens is 2. The average Bonchev–Trinajstić information content (AvgIpc) is 2.35. The standard InChI is InChI=1S/C13H20F2N4O/c1-12(2,3)19-11(16)17-8-13(14,15)9-6-5-7-10(18-9)20-4/h5-7H,8H2,1-4H3,(H3,16,17,19). The first-order valence-corrected chi connectivity index (χ1v) is 6.11. The predicted molar refractivity (Wildman–Crippen MR) is 74.1 cm³/mol. The number of aromatic nitrogens is 1. The maximum absolute atomic E-state index is 14.0. The molecule has 5 nitrogen and oxygen atoms in total. The Balaban J connectivity index is 2.81. The SMILES string of the molecule is COc1cccc(C(F)(F)CN=C(N)NC(C)(C)C)n1. The molecule has 0 radical (unpaired) electrons. The minimum atomic E-state index is -3.21. The Bertz CT molecular complexity index is 484. The number of nitrogens with zero attached hydrogens (tertiary/aromatic N) is 2. The molecule has 20 heavy (non-hydrogen) atoms. The second-order valence-electron chi connectivity index (χ2n) is 5.35. The zero-order chi connectivity index (χ0) is 15.4. The van der Waals surface area contributed by atoms with Crippen molar-refractivity contribution >= 4 is 5.96 Å². The van der Waals surface area contributed by atoms with E-state index in [2.05, 4.69) is 15.3 Å². The van der Waals surface area contributed by atoms with E-state index in [4.69, 9.17) is 10.5 Å². The highest BCUT2D eigenvalue weighted by atomic mass is 19.3. The lowest BCUT2D eigenvalue weighted by Gasteiger charge is -2.21. The van der Waals surface area contributed by atoms with Crippen molar-refractivity contribution in [3.63, 3.8) is 0 Å². The predicted octanol–water partition coefficient (Wildman–Crippen LogP) is 1.88. The van der Waals surface area contributed by atoms with Gasteiger partial charge in [0.05, 0.1) is 7.11 Å². The number of nitrogens with two attached hydrogens (primary N) is 1. The summed E-state index contributed by atoms with van der Waals surface area (Å²) in [6.07, 6.45) is 0. The smallest absolute Gasteiger partial charge is 0.309 e. The van der Waals surface area contributed by atoms with E-state index in [-0.39, 0.29) is 17.4 Å². The summed E-state index contributed by atoms with van der Waals surface area (Å²) in [6.45, 7) is 4.80. The Labute approximate surface area is 117 Å². The van der Waals surface area contributed by atoms with Crippen LogP contribution < -0.4 is 15.8 Å². The number of aliphatic imine (C=N–C) groups is 1. The van der Waals surface area contributed by atoms with Crippen LogP contribution in [0, 0.1) is 0 Å². The molecule has 1 heterocycles. The molecule has 0 saturated carbocycles. The number of pyridine rings is 1. The van der Waals surface area contributed by atoms with E-state index in [1.54, 1.807) is 0 Å². The summed E-state index contributed by atoms with van der Waals surface area (Å²) in [7, 11) is 1.37. The summed E-state index contributed by atoms with van der Waals surface area (Å²) in [6, 6.07) is 4.18. The van der Waals surface area contributed by atoms with Crippen molar-refractivity contribution in [2.75, 3.05) is 13.7 Å². The zero-order valence-corrected chi connectivity index (χ0v) is 12.1. The summed E-state index contributed by atoms with van der Waals surface area (Å²) in [5, 5.41) is 2.82. The van der Waals surface area contributed by atoms with Crippen LogP contribution in [0.1, 0.15) is 26.5 Å². The summed E-state index contributed by atoms with van der Waals surface area (Å²) >= 11 is 0. The van der Waals surface area contributed by atoms with E-state index in [0.29, 0.717) is 0 Å². The number of methoxy groups -OCH3 is 1. The number of ether oxygens (including phenoxy) is 1.